The van der Waals surface area contributed by atoms with E-state index in [0.29, 0.717) is 24.5 Å². The molecule has 0 radical (unpaired) electrons. The number of carbonyl (C=O) groups excluding carboxylic acids is 2. The van der Waals surface area contributed by atoms with Gasteiger partial charge in [0, 0.05) is 25.8 Å². The van der Waals surface area contributed by atoms with Crippen LogP contribution in [0.2, 0.25) is 0 Å². The average Bonchev–Trinajstić information content (AvgIpc) is 3.37. The fraction of sp³-hybridized carbons (Fsp3) is 0.172. The lowest BCUT2D eigenvalue weighted by molar-refractivity contribution is -0.133. The lowest BCUT2D eigenvalue weighted by Gasteiger charge is -2.36. The second kappa shape index (κ2) is 10.5. The van der Waals surface area contributed by atoms with E-state index in [1.54, 1.807) is 18.3 Å². The van der Waals surface area contributed by atoms with Crippen molar-refractivity contribution in [3.8, 4) is 0 Å². The van der Waals surface area contributed by atoms with Gasteiger partial charge in [-0.05, 0) is 28.8 Å². The minimum Gasteiger partial charge on any atom is -0.478 e. The SMILES string of the molecule is O=C(O)c1cccc(CNC(=O)c2cn3c(n2)C(c2ccccc2)N(C(=O)Cc2ccccc2)CC3)c1. The van der Waals surface area contributed by atoms with E-state index in [2.05, 4.69) is 10.3 Å². The number of hydrogen-bond acceptors (Lipinski definition) is 4. The largest absolute Gasteiger partial charge is 0.478 e. The van der Waals surface area contributed by atoms with Crippen LogP contribution in [0.15, 0.2) is 91.1 Å². The number of carboxylic acid groups (broad SMARTS) is 1. The van der Waals surface area contributed by atoms with E-state index < -0.39 is 12.0 Å². The molecule has 0 fully saturated rings. The molecule has 0 spiro atoms. The highest BCUT2D eigenvalue weighted by Crippen LogP contribution is 2.32. The molecule has 0 saturated carbocycles. The molecule has 0 aliphatic carbocycles. The molecule has 1 atom stereocenters. The highest BCUT2D eigenvalue weighted by atomic mass is 16.4. The summed E-state index contributed by atoms with van der Waals surface area (Å²) in [6.45, 7) is 1.20. The second-order valence-corrected chi connectivity index (χ2v) is 8.93. The van der Waals surface area contributed by atoms with Crippen LogP contribution in [0, 0.1) is 0 Å². The van der Waals surface area contributed by atoms with E-state index >= 15 is 0 Å². The number of benzene rings is 3. The summed E-state index contributed by atoms with van der Waals surface area (Å²) in [5, 5.41) is 12.0. The highest BCUT2D eigenvalue weighted by Gasteiger charge is 2.34. The lowest BCUT2D eigenvalue weighted by atomic mass is 10.0. The highest BCUT2D eigenvalue weighted by molar-refractivity contribution is 5.92. The van der Waals surface area contributed by atoms with Crippen molar-refractivity contribution in [2.24, 2.45) is 0 Å². The van der Waals surface area contributed by atoms with Crippen molar-refractivity contribution >= 4 is 17.8 Å². The summed E-state index contributed by atoms with van der Waals surface area (Å²) in [4.78, 5) is 44.1. The molecular formula is C29H26N4O4. The summed E-state index contributed by atoms with van der Waals surface area (Å²) >= 11 is 0. The van der Waals surface area contributed by atoms with Gasteiger partial charge in [0.05, 0.1) is 12.0 Å². The van der Waals surface area contributed by atoms with Gasteiger partial charge in [0.1, 0.15) is 17.6 Å². The molecule has 4 aromatic rings. The molecule has 1 aliphatic rings. The molecule has 8 nitrogen and oxygen atoms in total. The maximum atomic E-state index is 13.4. The first kappa shape index (κ1) is 24.0. The van der Waals surface area contributed by atoms with Gasteiger partial charge < -0.3 is 19.9 Å². The zero-order valence-corrected chi connectivity index (χ0v) is 20.1. The zero-order valence-electron chi connectivity index (χ0n) is 20.1. The molecule has 2 heterocycles. The monoisotopic (exact) mass is 494 g/mol. The van der Waals surface area contributed by atoms with Crippen LogP contribution in [-0.2, 0) is 24.3 Å². The van der Waals surface area contributed by atoms with Gasteiger partial charge in [-0.2, -0.15) is 0 Å². The fourth-order valence-electron chi connectivity index (χ4n) is 4.61. The Hall–Kier alpha value is -4.72. The number of carboxylic acids is 1. The van der Waals surface area contributed by atoms with Gasteiger partial charge in [-0.1, -0.05) is 72.8 Å². The molecule has 186 valence electrons. The van der Waals surface area contributed by atoms with Crippen LogP contribution < -0.4 is 5.32 Å². The number of fused-ring (bicyclic) bond motifs is 1. The Bertz CT molecular complexity index is 1430. The second-order valence-electron chi connectivity index (χ2n) is 8.93. The molecule has 5 rings (SSSR count). The van der Waals surface area contributed by atoms with Crippen LogP contribution in [0.4, 0.5) is 0 Å². The molecule has 0 saturated heterocycles. The van der Waals surface area contributed by atoms with Crippen LogP contribution in [0.5, 0.6) is 0 Å². The Kier molecular flexibility index (Phi) is 6.81. The molecule has 0 bridgehead atoms. The van der Waals surface area contributed by atoms with E-state index in [9.17, 15) is 19.5 Å². The fourth-order valence-corrected chi connectivity index (χ4v) is 4.61. The number of nitrogens with one attached hydrogen (secondary N) is 1. The van der Waals surface area contributed by atoms with Crippen molar-refractivity contribution in [3.63, 3.8) is 0 Å². The molecule has 8 heteroatoms. The third-order valence-corrected chi connectivity index (χ3v) is 6.44. The quantitative estimate of drug-likeness (QED) is 0.408. The normalized spacial score (nSPS) is 14.6. The van der Waals surface area contributed by atoms with E-state index in [4.69, 9.17) is 0 Å². The predicted octanol–water partition coefficient (Wildman–Crippen LogP) is 3.69. The molecule has 1 aromatic heterocycles. The number of rotatable bonds is 7. The summed E-state index contributed by atoms with van der Waals surface area (Å²) in [7, 11) is 0. The topological polar surface area (TPSA) is 105 Å². The smallest absolute Gasteiger partial charge is 0.335 e. The van der Waals surface area contributed by atoms with Crippen LogP contribution in [0.3, 0.4) is 0 Å². The Labute approximate surface area is 214 Å². The van der Waals surface area contributed by atoms with E-state index in [1.165, 1.54) is 12.1 Å². The molecule has 3 aromatic carbocycles. The van der Waals surface area contributed by atoms with Gasteiger partial charge in [-0.3, -0.25) is 9.59 Å². The Morgan fingerprint density at radius 1 is 0.892 bits per heavy atom. The number of aromatic carboxylic acids is 1. The number of hydrogen-bond donors (Lipinski definition) is 2. The van der Waals surface area contributed by atoms with Crippen LogP contribution in [-0.4, -0.2) is 43.9 Å². The zero-order chi connectivity index (χ0) is 25.8. The van der Waals surface area contributed by atoms with Crippen molar-refractivity contribution < 1.29 is 19.5 Å². The maximum absolute atomic E-state index is 13.4. The molecule has 2 amide bonds. The average molecular weight is 495 g/mol. The van der Waals surface area contributed by atoms with E-state index in [0.717, 1.165) is 11.1 Å². The standard InChI is InChI=1S/C29H26N4O4/c34-25(17-20-8-3-1-4-9-20)33-15-14-32-19-24(31-27(32)26(33)22-11-5-2-6-12-22)28(35)30-18-21-10-7-13-23(16-21)29(36)37/h1-13,16,19,26H,14-15,17-18H2,(H,30,35)(H,36,37). The molecule has 37 heavy (non-hydrogen) atoms. The molecule has 1 unspecified atom stereocenters. The van der Waals surface area contributed by atoms with Gasteiger partial charge in [0.2, 0.25) is 5.91 Å². The van der Waals surface area contributed by atoms with Gasteiger partial charge in [-0.15, -0.1) is 0 Å². The van der Waals surface area contributed by atoms with Crippen molar-refractivity contribution in [2.45, 2.75) is 25.6 Å². The number of carbonyl (C=O) groups is 3. The first-order valence-corrected chi connectivity index (χ1v) is 12.1. The van der Waals surface area contributed by atoms with Gasteiger partial charge >= 0.3 is 5.97 Å². The summed E-state index contributed by atoms with van der Waals surface area (Å²) in [6.07, 6.45) is 2.00. The first-order valence-electron chi connectivity index (χ1n) is 12.1. The maximum Gasteiger partial charge on any atom is 0.335 e. The minimum atomic E-state index is -1.02. The molecule has 1 aliphatic heterocycles. The predicted molar refractivity (Wildman–Crippen MR) is 137 cm³/mol. The molecule has 2 N–H and O–H groups in total. The Balaban J connectivity index is 1.38. The summed E-state index contributed by atoms with van der Waals surface area (Å²) in [6, 6.07) is 25.4. The van der Waals surface area contributed by atoms with Crippen molar-refractivity contribution in [2.75, 3.05) is 6.54 Å². The van der Waals surface area contributed by atoms with Crippen molar-refractivity contribution in [3.05, 3.63) is 125 Å². The summed E-state index contributed by atoms with van der Waals surface area (Å²) in [5.74, 6) is -0.750. The summed E-state index contributed by atoms with van der Waals surface area (Å²) < 4.78 is 1.93. The van der Waals surface area contributed by atoms with E-state index in [1.807, 2.05) is 70.1 Å². The third-order valence-electron chi connectivity index (χ3n) is 6.44. The van der Waals surface area contributed by atoms with Crippen molar-refractivity contribution in [1.82, 2.24) is 19.8 Å². The number of aromatic nitrogens is 2. The number of nitrogens with zero attached hydrogens (tertiary/aromatic N) is 3. The van der Waals surface area contributed by atoms with Gasteiger partial charge in [0.15, 0.2) is 0 Å². The summed E-state index contributed by atoms with van der Waals surface area (Å²) in [5.41, 5.74) is 2.96. The van der Waals surface area contributed by atoms with Crippen molar-refractivity contribution in [1.29, 1.82) is 0 Å². The lowest BCUT2D eigenvalue weighted by Crippen LogP contribution is -2.43. The van der Waals surface area contributed by atoms with Crippen LogP contribution >= 0.6 is 0 Å². The first-order chi connectivity index (χ1) is 18.0. The molecular weight excluding hydrogens is 468 g/mol. The van der Waals surface area contributed by atoms with Crippen LogP contribution in [0.25, 0.3) is 0 Å². The van der Waals surface area contributed by atoms with Crippen LogP contribution in [0.1, 0.15) is 49.4 Å². The Morgan fingerprint density at radius 2 is 1.59 bits per heavy atom. The van der Waals surface area contributed by atoms with Gasteiger partial charge in [0.25, 0.3) is 5.91 Å². The van der Waals surface area contributed by atoms with E-state index in [-0.39, 0.29) is 36.0 Å². The number of imidazole rings is 1. The third kappa shape index (κ3) is 5.28. The van der Waals surface area contributed by atoms with Gasteiger partial charge in [-0.25, -0.2) is 9.78 Å². The number of amides is 2. The Morgan fingerprint density at radius 3 is 2.32 bits per heavy atom. The minimum absolute atomic E-state index is 0.00128.